The first kappa shape index (κ1) is 9.03. The lowest BCUT2D eigenvalue weighted by molar-refractivity contribution is -0.460. The molecule has 2 aliphatic heterocycles. The summed E-state index contributed by atoms with van der Waals surface area (Å²) in [5, 5.41) is 45.4. The molecule has 0 aromatic carbocycles. The van der Waals surface area contributed by atoms with Crippen LogP contribution in [0.1, 0.15) is 0 Å². The molecule has 0 saturated carbocycles. The zero-order valence-corrected chi connectivity index (χ0v) is 7.25. The van der Waals surface area contributed by atoms with Gasteiger partial charge in [0, 0.05) is 10.4 Å². The van der Waals surface area contributed by atoms with E-state index in [0.717, 1.165) is 0 Å². The minimum absolute atomic E-state index is 0.00991. The maximum absolute atomic E-state index is 11.1. The number of rotatable bonds is 1. The fourth-order valence-corrected chi connectivity index (χ4v) is 1.48. The van der Waals surface area contributed by atoms with Crippen molar-refractivity contribution in [3.63, 3.8) is 0 Å². The van der Waals surface area contributed by atoms with Gasteiger partial charge in [-0.05, 0) is 0 Å². The van der Waals surface area contributed by atoms with Crippen LogP contribution in [0.4, 0.5) is 0 Å². The highest BCUT2D eigenvalue weighted by molar-refractivity contribution is 6.35. The van der Waals surface area contributed by atoms with Gasteiger partial charge in [-0.2, -0.15) is 0 Å². The van der Waals surface area contributed by atoms with Gasteiger partial charge in [-0.25, -0.2) is 0 Å². The molecule has 0 aliphatic carbocycles. The number of hydrogen-bond donors (Lipinski definition) is 0. The summed E-state index contributed by atoms with van der Waals surface area (Å²) < 4.78 is 0.757. The molecule has 2 rings (SSSR count). The highest BCUT2D eigenvalue weighted by atomic mass is 16.6. The maximum Gasteiger partial charge on any atom is 0.402 e. The largest absolute Gasteiger partial charge is 0.715 e. The highest BCUT2D eigenvalue weighted by Gasteiger charge is 2.45. The summed E-state index contributed by atoms with van der Waals surface area (Å²) in [4.78, 5) is 0. The lowest BCUT2D eigenvalue weighted by Crippen LogP contribution is -2.41. The molecule has 14 heavy (non-hydrogen) atoms. The Kier molecular flexibility index (Phi) is 1.93. The van der Waals surface area contributed by atoms with Crippen LogP contribution < -0.4 is 0 Å². The van der Waals surface area contributed by atoms with E-state index >= 15 is 0 Å². The fourth-order valence-electron chi connectivity index (χ4n) is 1.48. The van der Waals surface area contributed by atoms with Gasteiger partial charge in [0.25, 0.3) is 0 Å². The van der Waals surface area contributed by atoms with Gasteiger partial charge in [-0.3, -0.25) is 9.48 Å². The fraction of sp³-hybridized carbons (Fsp3) is 0.667. The van der Waals surface area contributed by atoms with E-state index in [0.29, 0.717) is 19.6 Å². The average Bonchev–Trinajstić information content (AvgIpc) is 2.60. The van der Waals surface area contributed by atoms with Crippen molar-refractivity contribution >= 4 is 11.7 Å². The molecular weight excluding hydrogens is 192 g/mol. The normalized spacial score (nSPS) is 23.0. The molecule has 8 nitrogen and oxygen atoms in total. The summed E-state index contributed by atoms with van der Waals surface area (Å²) in [5.41, 5.74) is 0. The Morgan fingerprint density at radius 3 is 1.50 bits per heavy atom. The van der Waals surface area contributed by atoms with Crippen LogP contribution in [0.15, 0.2) is 0 Å². The Bertz CT molecular complexity index is 294. The average molecular weight is 200 g/mol. The molecule has 0 saturated heterocycles. The molecule has 0 fully saturated rings. The third-order valence-corrected chi connectivity index (χ3v) is 2.16. The first-order valence-corrected chi connectivity index (χ1v) is 4.14. The van der Waals surface area contributed by atoms with E-state index in [4.69, 9.17) is 0 Å². The lowest BCUT2D eigenvalue weighted by Gasteiger charge is -2.07. The number of amidine groups is 2. The molecule has 0 unspecified atom stereocenters. The Labute approximate surface area is 79.3 Å². The molecule has 76 valence electrons. The van der Waals surface area contributed by atoms with E-state index in [1.807, 2.05) is 0 Å². The topological polar surface area (TPSA) is 98.4 Å². The van der Waals surface area contributed by atoms with Gasteiger partial charge in [-0.1, -0.05) is 10.1 Å². The quantitative estimate of drug-likeness (QED) is 0.365. The minimum atomic E-state index is -0.368. The van der Waals surface area contributed by atoms with E-state index in [1.165, 1.54) is 0 Å². The van der Waals surface area contributed by atoms with Crippen LogP contribution >= 0.6 is 0 Å². The minimum Gasteiger partial charge on any atom is -0.715 e. The van der Waals surface area contributed by atoms with Crippen LogP contribution in [0.25, 0.3) is 0 Å². The first-order chi connectivity index (χ1) is 6.61. The van der Waals surface area contributed by atoms with E-state index in [-0.39, 0.29) is 37.9 Å². The SMILES string of the molecule is [O]N1CC[N+]([O-])=C1C1=[N+]([O-])CCN1[O]. The van der Waals surface area contributed by atoms with Gasteiger partial charge < -0.3 is 10.4 Å². The summed E-state index contributed by atoms with van der Waals surface area (Å²) in [5.74, 6) is -0.736. The van der Waals surface area contributed by atoms with E-state index in [2.05, 4.69) is 0 Å². The first-order valence-electron chi connectivity index (χ1n) is 4.14. The van der Waals surface area contributed by atoms with Crippen LogP contribution in [0.2, 0.25) is 0 Å². The molecule has 0 amide bonds. The van der Waals surface area contributed by atoms with E-state index in [1.54, 1.807) is 0 Å². The van der Waals surface area contributed by atoms with Crippen LogP contribution in [0.3, 0.4) is 0 Å². The van der Waals surface area contributed by atoms with Gasteiger partial charge in [0.2, 0.25) is 0 Å². The van der Waals surface area contributed by atoms with Crippen molar-refractivity contribution < 1.29 is 19.9 Å². The van der Waals surface area contributed by atoms with Gasteiger partial charge >= 0.3 is 11.7 Å². The number of hydroxylamine groups is 6. The second-order valence-electron chi connectivity index (χ2n) is 3.06. The molecule has 0 bridgehead atoms. The smallest absolute Gasteiger partial charge is 0.402 e. The van der Waals surface area contributed by atoms with E-state index < -0.39 is 0 Å². The number of nitrogens with zero attached hydrogens (tertiary/aromatic N) is 4. The molecule has 8 heteroatoms. The van der Waals surface area contributed by atoms with Crippen molar-refractivity contribution in [1.82, 2.24) is 10.1 Å². The molecule has 0 aromatic heterocycles. The highest BCUT2D eigenvalue weighted by Crippen LogP contribution is 2.06. The Hall–Kier alpha value is -1.54. The molecule has 2 aliphatic rings. The summed E-state index contributed by atoms with van der Waals surface area (Å²) >= 11 is 0. The molecular formula is C6H8N4O4. The Morgan fingerprint density at radius 1 is 0.929 bits per heavy atom. The van der Waals surface area contributed by atoms with Crippen molar-refractivity contribution in [2.75, 3.05) is 26.2 Å². The van der Waals surface area contributed by atoms with Crippen molar-refractivity contribution in [1.29, 1.82) is 0 Å². The predicted molar refractivity (Wildman–Crippen MR) is 41.8 cm³/mol. The van der Waals surface area contributed by atoms with Crippen molar-refractivity contribution in [3.8, 4) is 0 Å². The van der Waals surface area contributed by atoms with Crippen molar-refractivity contribution in [2.24, 2.45) is 0 Å². The van der Waals surface area contributed by atoms with Crippen LogP contribution in [-0.4, -0.2) is 57.5 Å². The van der Waals surface area contributed by atoms with Crippen molar-refractivity contribution in [2.45, 2.75) is 0 Å². The molecule has 0 aromatic rings. The number of hydrogen-bond acceptors (Lipinski definition) is 4. The molecule has 0 spiro atoms. The second-order valence-corrected chi connectivity index (χ2v) is 3.06. The maximum atomic E-state index is 11.1. The van der Waals surface area contributed by atoms with Gasteiger partial charge in [0.05, 0.1) is 0 Å². The molecule has 0 atom stereocenters. The lowest BCUT2D eigenvalue weighted by atomic mass is 10.5. The molecule has 0 N–H and O–H groups in total. The van der Waals surface area contributed by atoms with Crippen molar-refractivity contribution in [3.05, 3.63) is 10.4 Å². The monoisotopic (exact) mass is 200 g/mol. The molecule has 2 heterocycles. The zero-order valence-electron chi connectivity index (χ0n) is 7.25. The standard InChI is InChI=1S/C6H8N4O4/c11-7-1-2-8(12)5(7)6-9(13)3-4-10(6)14/h1-4H2. The van der Waals surface area contributed by atoms with Crippen LogP contribution in [-0.2, 0) is 10.4 Å². The summed E-state index contributed by atoms with van der Waals surface area (Å²) in [7, 11) is 0. The van der Waals surface area contributed by atoms with Gasteiger partial charge in [0.1, 0.15) is 13.1 Å². The molecule has 2 radical (unpaired) electrons. The predicted octanol–water partition coefficient (Wildman–Crippen LogP) is -1.87. The van der Waals surface area contributed by atoms with Gasteiger partial charge in [0.15, 0.2) is 13.1 Å². The Balaban J connectivity index is 2.39. The zero-order chi connectivity index (χ0) is 10.3. The summed E-state index contributed by atoms with van der Waals surface area (Å²) in [6.07, 6.45) is 0. The van der Waals surface area contributed by atoms with Crippen LogP contribution in [0, 0.1) is 10.4 Å². The van der Waals surface area contributed by atoms with Gasteiger partial charge in [-0.15, -0.1) is 0 Å². The van der Waals surface area contributed by atoms with Crippen LogP contribution in [0.5, 0.6) is 0 Å². The third-order valence-electron chi connectivity index (χ3n) is 2.16. The van der Waals surface area contributed by atoms with E-state index in [9.17, 15) is 20.8 Å². The second kappa shape index (κ2) is 3.00. The third kappa shape index (κ3) is 1.16. The summed E-state index contributed by atoms with van der Waals surface area (Å²) in [6.45, 7) is -0.0396. The summed E-state index contributed by atoms with van der Waals surface area (Å²) in [6, 6.07) is 0. The Morgan fingerprint density at radius 2 is 1.29 bits per heavy atom.